The largest absolute Gasteiger partial charge is 0.454 e. The molecule has 2 rings (SSSR count). The number of hydrogen-bond donors (Lipinski definition) is 1. The highest BCUT2D eigenvalue weighted by Gasteiger charge is 2.18. The van der Waals surface area contributed by atoms with Gasteiger partial charge in [0.15, 0.2) is 6.61 Å². The number of carbonyl (C=O) groups is 3. The van der Waals surface area contributed by atoms with Gasteiger partial charge in [0, 0.05) is 27.3 Å². The van der Waals surface area contributed by atoms with E-state index in [1.54, 1.807) is 48.5 Å². The Hall–Kier alpha value is -2.89. The molecule has 1 N–H and O–H groups in total. The summed E-state index contributed by atoms with van der Waals surface area (Å²) in [7, 11) is 0. The Morgan fingerprint density at radius 2 is 1.93 bits per heavy atom. The second kappa shape index (κ2) is 11.2. The van der Waals surface area contributed by atoms with E-state index in [4.69, 9.17) is 21.6 Å². The maximum Gasteiger partial charge on any atom is 0.325 e. The molecule has 0 unspecified atom stereocenters. The zero-order valence-electron chi connectivity index (χ0n) is 15.2. The summed E-state index contributed by atoms with van der Waals surface area (Å²) in [6, 6.07) is 15.2. The fourth-order valence-corrected chi connectivity index (χ4v) is 2.94. The molecule has 0 atom stereocenters. The lowest BCUT2D eigenvalue weighted by atomic mass is 10.2. The van der Waals surface area contributed by atoms with Gasteiger partial charge in [0.05, 0.1) is 12.5 Å². The maximum absolute atomic E-state index is 12.5. The van der Waals surface area contributed by atoms with Gasteiger partial charge in [0.25, 0.3) is 11.8 Å². The van der Waals surface area contributed by atoms with E-state index < -0.39 is 24.4 Å². The van der Waals surface area contributed by atoms with Crippen molar-refractivity contribution in [3.63, 3.8) is 0 Å². The molecular formula is C20H17BrClN3O4. The first-order valence-corrected chi connectivity index (χ1v) is 9.70. The van der Waals surface area contributed by atoms with Crippen LogP contribution in [0.15, 0.2) is 53.0 Å². The number of anilines is 1. The highest BCUT2D eigenvalue weighted by Crippen LogP contribution is 2.20. The standard InChI is InChI=1S/C20H17BrClN3O4/c21-15-5-1-4-14(10-15)20(28)24-12-19(27)29-13-18(26)25(9-3-8-23)17-7-2-6-16(22)11-17/h1-2,4-7,10-11H,3,9,12-13H2,(H,24,28). The van der Waals surface area contributed by atoms with Crippen molar-refractivity contribution < 1.29 is 19.1 Å². The smallest absolute Gasteiger partial charge is 0.325 e. The number of halogens is 2. The molecule has 0 aromatic heterocycles. The lowest BCUT2D eigenvalue weighted by Gasteiger charge is -2.21. The zero-order chi connectivity index (χ0) is 21.2. The van der Waals surface area contributed by atoms with Crippen LogP contribution in [-0.2, 0) is 14.3 Å². The minimum absolute atomic E-state index is 0.106. The molecule has 0 spiro atoms. The topological polar surface area (TPSA) is 99.5 Å². The number of carbonyl (C=O) groups excluding carboxylic acids is 3. The predicted octanol–water partition coefficient (Wildman–Crippen LogP) is 3.32. The third kappa shape index (κ3) is 7.22. The first kappa shape index (κ1) is 22.4. The second-order valence-electron chi connectivity index (χ2n) is 5.79. The Bertz CT molecular complexity index is 945. The normalized spacial score (nSPS) is 9.97. The van der Waals surface area contributed by atoms with Crippen molar-refractivity contribution in [3.8, 4) is 6.07 Å². The van der Waals surface area contributed by atoms with Crippen LogP contribution < -0.4 is 10.2 Å². The van der Waals surface area contributed by atoms with Gasteiger partial charge in [-0.05, 0) is 36.4 Å². The highest BCUT2D eigenvalue weighted by atomic mass is 79.9. The Balaban J connectivity index is 1.89. The van der Waals surface area contributed by atoms with Crippen molar-refractivity contribution in [2.75, 3.05) is 24.6 Å². The van der Waals surface area contributed by atoms with Gasteiger partial charge in [-0.3, -0.25) is 14.4 Å². The van der Waals surface area contributed by atoms with E-state index in [2.05, 4.69) is 21.2 Å². The van der Waals surface area contributed by atoms with E-state index in [-0.39, 0.29) is 19.5 Å². The van der Waals surface area contributed by atoms with E-state index in [1.165, 1.54) is 4.90 Å². The van der Waals surface area contributed by atoms with Gasteiger partial charge in [0.1, 0.15) is 6.54 Å². The van der Waals surface area contributed by atoms with Crippen LogP contribution in [-0.4, -0.2) is 37.5 Å². The SMILES string of the molecule is N#CCCN(C(=O)COC(=O)CNC(=O)c1cccc(Br)c1)c1cccc(Cl)c1. The number of nitrogens with one attached hydrogen (secondary N) is 1. The summed E-state index contributed by atoms with van der Waals surface area (Å²) in [6.07, 6.45) is 0.106. The molecule has 0 heterocycles. The highest BCUT2D eigenvalue weighted by molar-refractivity contribution is 9.10. The quantitative estimate of drug-likeness (QED) is 0.587. The molecule has 2 aromatic carbocycles. The number of benzene rings is 2. The third-order valence-electron chi connectivity index (χ3n) is 3.70. The molecule has 2 aromatic rings. The molecule has 0 aliphatic carbocycles. The van der Waals surface area contributed by atoms with Crippen molar-refractivity contribution in [2.24, 2.45) is 0 Å². The monoisotopic (exact) mass is 477 g/mol. The molecule has 2 amide bonds. The van der Waals surface area contributed by atoms with Gasteiger partial charge >= 0.3 is 5.97 Å². The summed E-state index contributed by atoms with van der Waals surface area (Å²) < 4.78 is 5.69. The van der Waals surface area contributed by atoms with Gasteiger partial charge in [-0.15, -0.1) is 0 Å². The fraction of sp³-hybridized carbons (Fsp3) is 0.200. The Kier molecular flexibility index (Phi) is 8.65. The Morgan fingerprint density at radius 3 is 2.62 bits per heavy atom. The number of rotatable bonds is 8. The summed E-state index contributed by atoms with van der Waals surface area (Å²) in [5.41, 5.74) is 0.878. The van der Waals surface area contributed by atoms with Crippen LogP contribution in [0.3, 0.4) is 0 Å². The Morgan fingerprint density at radius 1 is 1.17 bits per heavy atom. The van der Waals surface area contributed by atoms with E-state index >= 15 is 0 Å². The summed E-state index contributed by atoms with van der Waals surface area (Å²) in [6.45, 7) is -0.773. The number of amides is 2. The number of ether oxygens (including phenoxy) is 1. The van der Waals surface area contributed by atoms with Gasteiger partial charge in [0.2, 0.25) is 0 Å². The average molecular weight is 479 g/mol. The zero-order valence-corrected chi connectivity index (χ0v) is 17.6. The number of nitrogens with zero attached hydrogens (tertiary/aromatic N) is 2. The van der Waals surface area contributed by atoms with E-state index in [0.717, 1.165) is 4.47 Å². The fourth-order valence-electron chi connectivity index (χ4n) is 2.36. The van der Waals surface area contributed by atoms with Crippen molar-refractivity contribution >= 4 is 51.0 Å². The molecule has 0 fully saturated rings. The van der Waals surface area contributed by atoms with Crippen LogP contribution in [0.2, 0.25) is 5.02 Å². The van der Waals surface area contributed by atoms with Crippen molar-refractivity contribution in [1.29, 1.82) is 5.26 Å². The van der Waals surface area contributed by atoms with Crippen LogP contribution in [0.5, 0.6) is 0 Å². The maximum atomic E-state index is 12.5. The molecule has 9 heteroatoms. The molecule has 29 heavy (non-hydrogen) atoms. The molecule has 0 aliphatic heterocycles. The summed E-state index contributed by atoms with van der Waals surface area (Å²) in [4.78, 5) is 37.7. The van der Waals surface area contributed by atoms with Gasteiger partial charge < -0.3 is 15.0 Å². The van der Waals surface area contributed by atoms with E-state index in [1.807, 2.05) is 6.07 Å². The number of nitriles is 1. The van der Waals surface area contributed by atoms with Crippen molar-refractivity contribution in [3.05, 3.63) is 63.6 Å². The second-order valence-corrected chi connectivity index (χ2v) is 7.14. The number of hydrogen-bond acceptors (Lipinski definition) is 5. The lowest BCUT2D eigenvalue weighted by molar-refractivity contribution is -0.146. The van der Waals surface area contributed by atoms with Crippen molar-refractivity contribution in [1.82, 2.24) is 5.32 Å². The lowest BCUT2D eigenvalue weighted by Crippen LogP contribution is -2.37. The molecule has 0 saturated carbocycles. The first-order chi connectivity index (χ1) is 13.9. The van der Waals surface area contributed by atoms with E-state index in [9.17, 15) is 14.4 Å². The molecule has 150 valence electrons. The summed E-state index contributed by atoms with van der Waals surface area (Å²) in [5, 5.41) is 11.7. The van der Waals surface area contributed by atoms with Gasteiger partial charge in [-0.2, -0.15) is 5.26 Å². The minimum Gasteiger partial charge on any atom is -0.454 e. The summed E-state index contributed by atoms with van der Waals surface area (Å²) in [5.74, 6) is -1.70. The minimum atomic E-state index is -0.756. The van der Waals surface area contributed by atoms with Crippen LogP contribution in [0.1, 0.15) is 16.8 Å². The molecule has 7 nitrogen and oxygen atoms in total. The van der Waals surface area contributed by atoms with Gasteiger partial charge in [-0.1, -0.05) is 39.7 Å². The average Bonchev–Trinajstić information content (AvgIpc) is 2.70. The molecule has 0 bridgehead atoms. The Labute approximate surface area is 181 Å². The van der Waals surface area contributed by atoms with Crippen LogP contribution in [0.25, 0.3) is 0 Å². The third-order valence-corrected chi connectivity index (χ3v) is 4.43. The van der Waals surface area contributed by atoms with Gasteiger partial charge in [-0.25, -0.2) is 0 Å². The molecule has 0 aliphatic rings. The van der Waals surface area contributed by atoms with Crippen LogP contribution in [0, 0.1) is 11.3 Å². The molecular weight excluding hydrogens is 462 g/mol. The molecule has 0 saturated heterocycles. The predicted molar refractivity (Wildman–Crippen MR) is 111 cm³/mol. The summed E-state index contributed by atoms with van der Waals surface area (Å²) >= 11 is 9.22. The number of esters is 1. The van der Waals surface area contributed by atoms with E-state index in [0.29, 0.717) is 16.3 Å². The van der Waals surface area contributed by atoms with Crippen molar-refractivity contribution in [2.45, 2.75) is 6.42 Å². The van der Waals surface area contributed by atoms with Crippen LogP contribution >= 0.6 is 27.5 Å². The van der Waals surface area contributed by atoms with Crippen LogP contribution in [0.4, 0.5) is 5.69 Å². The first-order valence-electron chi connectivity index (χ1n) is 8.53. The molecule has 0 radical (unpaired) electrons.